The Morgan fingerprint density at radius 1 is 1.50 bits per heavy atom. The van der Waals surface area contributed by atoms with Gasteiger partial charge in [-0.05, 0) is 25.7 Å². The molecule has 10 heavy (non-hydrogen) atoms. The van der Waals surface area contributed by atoms with Crippen molar-refractivity contribution in [2.75, 3.05) is 0 Å². The molecule has 2 atom stereocenters. The van der Waals surface area contributed by atoms with Crippen molar-refractivity contribution in [1.82, 2.24) is 0 Å². The average Bonchev–Trinajstić information content (AvgIpc) is 1.88. The van der Waals surface area contributed by atoms with E-state index >= 15 is 0 Å². The van der Waals surface area contributed by atoms with Gasteiger partial charge in [0.2, 0.25) is 0 Å². The second kappa shape index (κ2) is 5.48. The fraction of sp³-hybridized carbons (Fsp3) is 0.778. The molecule has 0 rings (SSSR count). The van der Waals surface area contributed by atoms with Crippen LogP contribution in [0.25, 0.3) is 0 Å². The number of hydrogen-bond donors (Lipinski definition) is 1. The molecule has 1 N–H and O–H groups in total. The summed E-state index contributed by atoms with van der Waals surface area (Å²) in [5, 5.41) is 9.22. The van der Waals surface area contributed by atoms with Crippen molar-refractivity contribution < 1.29 is 5.11 Å². The molecule has 0 aliphatic rings. The first-order chi connectivity index (χ1) is 4.70. The molecule has 0 aromatic rings. The fourth-order valence-electron chi connectivity index (χ4n) is 1.00. The zero-order chi connectivity index (χ0) is 7.98. The second-order valence-electron chi connectivity index (χ2n) is 2.80. The van der Waals surface area contributed by atoms with E-state index in [0.29, 0.717) is 5.92 Å². The van der Waals surface area contributed by atoms with Gasteiger partial charge in [-0.1, -0.05) is 26.0 Å². The lowest BCUT2D eigenvalue weighted by Gasteiger charge is -2.10. The van der Waals surface area contributed by atoms with Gasteiger partial charge in [0.1, 0.15) is 0 Å². The molecule has 1 nitrogen and oxygen atoms in total. The molecule has 0 aromatic carbocycles. The Hall–Kier alpha value is -0.300. The summed E-state index contributed by atoms with van der Waals surface area (Å²) in [6, 6.07) is 0. The van der Waals surface area contributed by atoms with E-state index in [1.807, 2.05) is 19.9 Å². The van der Waals surface area contributed by atoms with Gasteiger partial charge in [0.15, 0.2) is 0 Å². The lowest BCUT2D eigenvalue weighted by atomic mass is 10.0. The van der Waals surface area contributed by atoms with Gasteiger partial charge in [0.05, 0.1) is 6.10 Å². The number of aliphatic hydroxyl groups excluding tert-OH is 1. The van der Waals surface area contributed by atoms with Crippen LogP contribution in [0.1, 0.15) is 33.6 Å². The van der Waals surface area contributed by atoms with Crippen molar-refractivity contribution >= 4 is 0 Å². The third-order valence-corrected chi connectivity index (χ3v) is 1.64. The topological polar surface area (TPSA) is 20.2 Å². The third kappa shape index (κ3) is 4.57. The molecule has 1 unspecified atom stereocenters. The maximum Gasteiger partial charge on any atom is 0.0543 e. The third-order valence-electron chi connectivity index (χ3n) is 1.64. The van der Waals surface area contributed by atoms with Crippen molar-refractivity contribution in [3.63, 3.8) is 0 Å². The Labute approximate surface area is 63.8 Å². The molecule has 0 fully saturated rings. The van der Waals surface area contributed by atoms with E-state index in [4.69, 9.17) is 0 Å². The van der Waals surface area contributed by atoms with Gasteiger partial charge < -0.3 is 5.11 Å². The highest BCUT2D eigenvalue weighted by atomic mass is 16.3. The molecule has 1 heteroatoms. The van der Waals surface area contributed by atoms with Crippen LogP contribution >= 0.6 is 0 Å². The smallest absolute Gasteiger partial charge is 0.0543 e. The maximum atomic E-state index is 9.22. The summed E-state index contributed by atoms with van der Waals surface area (Å²) in [6.07, 6.45) is 5.79. The minimum atomic E-state index is -0.119. The highest BCUT2D eigenvalue weighted by Gasteiger charge is 2.03. The highest BCUT2D eigenvalue weighted by molar-refractivity contribution is 4.83. The van der Waals surface area contributed by atoms with Crippen LogP contribution in [0, 0.1) is 5.92 Å². The predicted octanol–water partition coefficient (Wildman–Crippen LogP) is 2.36. The Balaban J connectivity index is 3.46. The molecule has 0 amide bonds. The molecule has 0 heterocycles. The quantitative estimate of drug-likeness (QED) is 0.597. The van der Waals surface area contributed by atoms with Crippen molar-refractivity contribution in [2.45, 2.75) is 39.7 Å². The summed E-state index contributed by atoms with van der Waals surface area (Å²) in [6.45, 7) is 6.14. The minimum absolute atomic E-state index is 0.119. The van der Waals surface area contributed by atoms with E-state index in [1.54, 1.807) is 0 Å². The van der Waals surface area contributed by atoms with Crippen LogP contribution in [0.15, 0.2) is 12.2 Å². The summed E-state index contributed by atoms with van der Waals surface area (Å²) in [4.78, 5) is 0. The Kier molecular flexibility index (Phi) is 5.32. The number of allylic oxidation sites excluding steroid dienone is 2. The molecule has 0 radical (unpaired) electrons. The summed E-state index contributed by atoms with van der Waals surface area (Å²) in [7, 11) is 0. The second-order valence-corrected chi connectivity index (χ2v) is 2.80. The molecule has 0 spiro atoms. The van der Waals surface area contributed by atoms with Gasteiger partial charge in [-0.25, -0.2) is 0 Å². The van der Waals surface area contributed by atoms with E-state index in [-0.39, 0.29) is 6.10 Å². The lowest BCUT2D eigenvalue weighted by molar-refractivity contribution is 0.149. The molecule has 0 aliphatic carbocycles. The standard InChI is InChI=1S/C9H18O/c1-4-6-8(3)7-9(10)5-2/h4,6,8-10H,5,7H2,1-3H3/t8-,9?/m1/s1. The minimum Gasteiger partial charge on any atom is -0.393 e. The summed E-state index contributed by atoms with van der Waals surface area (Å²) >= 11 is 0. The summed E-state index contributed by atoms with van der Waals surface area (Å²) < 4.78 is 0. The van der Waals surface area contributed by atoms with Crippen LogP contribution < -0.4 is 0 Å². The van der Waals surface area contributed by atoms with Crippen LogP contribution in [-0.4, -0.2) is 11.2 Å². The molecule has 60 valence electrons. The number of hydrogen-bond acceptors (Lipinski definition) is 1. The zero-order valence-electron chi connectivity index (χ0n) is 7.17. The van der Waals surface area contributed by atoms with Gasteiger partial charge >= 0.3 is 0 Å². The monoisotopic (exact) mass is 142 g/mol. The fourth-order valence-corrected chi connectivity index (χ4v) is 1.00. The molecular weight excluding hydrogens is 124 g/mol. The molecule has 0 saturated carbocycles. The predicted molar refractivity (Wildman–Crippen MR) is 44.9 cm³/mol. The molecule has 0 aliphatic heterocycles. The average molecular weight is 142 g/mol. The van der Waals surface area contributed by atoms with Crippen LogP contribution in [0.5, 0.6) is 0 Å². The van der Waals surface area contributed by atoms with Crippen LogP contribution in [-0.2, 0) is 0 Å². The Bertz CT molecular complexity index is 96.9. The molecular formula is C9H18O. The first kappa shape index (κ1) is 9.70. The van der Waals surface area contributed by atoms with Crippen LogP contribution in [0.4, 0.5) is 0 Å². The van der Waals surface area contributed by atoms with E-state index in [2.05, 4.69) is 13.0 Å². The first-order valence-corrected chi connectivity index (χ1v) is 4.01. The van der Waals surface area contributed by atoms with Crippen LogP contribution in [0.2, 0.25) is 0 Å². The first-order valence-electron chi connectivity index (χ1n) is 4.01. The molecule has 0 aromatic heterocycles. The summed E-state index contributed by atoms with van der Waals surface area (Å²) in [5.41, 5.74) is 0. The zero-order valence-corrected chi connectivity index (χ0v) is 7.17. The van der Waals surface area contributed by atoms with Crippen molar-refractivity contribution in [3.05, 3.63) is 12.2 Å². The number of rotatable bonds is 4. The Morgan fingerprint density at radius 2 is 2.10 bits per heavy atom. The van der Waals surface area contributed by atoms with Gasteiger partial charge in [0, 0.05) is 0 Å². The SMILES string of the molecule is CC=C[C@@H](C)CC(O)CC. The summed E-state index contributed by atoms with van der Waals surface area (Å²) in [5.74, 6) is 0.514. The van der Waals surface area contributed by atoms with E-state index < -0.39 is 0 Å². The lowest BCUT2D eigenvalue weighted by Crippen LogP contribution is -2.08. The van der Waals surface area contributed by atoms with Gasteiger partial charge in [-0.2, -0.15) is 0 Å². The number of aliphatic hydroxyl groups is 1. The molecule has 0 bridgehead atoms. The largest absolute Gasteiger partial charge is 0.393 e. The molecule has 0 saturated heterocycles. The highest BCUT2D eigenvalue weighted by Crippen LogP contribution is 2.09. The van der Waals surface area contributed by atoms with Gasteiger partial charge in [-0.15, -0.1) is 0 Å². The van der Waals surface area contributed by atoms with Crippen molar-refractivity contribution in [3.8, 4) is 0 Å². The van der Waals surface area contributed by atoms with Crippen LogP contribution in [0.3, 0.4) is 0 Å². The van der Waals surface area contributed by atoms with E-state index in [9.17, 15) is 5.11 Å². The van der Waals surface area contributed by atoms with Gasteiger partial charge in [-0.3, -0.25) is 0 Å². The Morgan fingerprint density at radius 3 is 2.50 bits per heavy atom. The van der Waals surface area contributed by atoms with Crippen molar-refractivity contribution in [2.24, 2.45) is 5.92 Å². The van der Waals surface area contributed by atoms with E-state index in [0.717, 1.165) is 12.8 Å². The van der Waals surface area contributed by atoms with Gasteiger partial charge in [0.25, 0.3) is 0 Å². The normalized spacial score (nSPS) is 17.6. The van der Waals surface area contributed by atoms with E-state index in [1.165, 1.54) is 0 Å². The maximum absolute atomic E-state index is 9.22. The van der Waals surface area contributed by atoms with Crippen molar-refractivity contribution in [1.29, 1.82) is 0 Å².